The highest BCUT2D eigenvalue weighted by Gasteiger charge is 2.31. The third-order valence-corrected chi connectivity index (χ3v) is 24.7. The van der Waals surface area contributed by atoms with Gasteiger partial charge in [-0.25, -0.2) is 4.98 Å². The Morgan fingerprint density at radius 2 is 0.553 bits per heavy atom. The molecule has 1 aliphatic heterocycles. The Kier molecular flexibility index (Phi) is 14.2. The second-order valence-corrected chi connectivity index (χ2v) is 30.8. The fourth-order valence-electron chi connectivity index (χ4n) is 19.3. The molecule has 0 saturated carbocycles. The first kappa shape index (κ1) is 63.9. The van der Waals surface area contributed by atoms with E-state index >= 15 is 0 Å². The number of aromatic nitrogens is 2. The number of hydrogen-bond acceptors (Lipinski definition) is 3. The van der Waals surface area contributed by atoms with Crippen molar-refractivity contribution < 1.29 is 0 Å². The number of nitrogens with one attached hydrogen (secondary N) is 1. The average molecular weight is 1450 g/mol. The molecule has 1 aliphatic rings. The maximum absolute atomic E-state index is 5.16. The van der Waals surface area contributed by atoms with Crippen molar-refractivity contribution in [2.24, 2.45) is 0 Å². The van der Waals surface area contributed by atoms with Crippen molar-refractivity contribution in [3.05, 3.63) is 406 Å². The van der Waals surface area contributed by atoms with Crippen LogP contribution in [0.5, 0.6) is 0 Å². The van der Waals surface area contributed by atoms with Crippen LogP contribution in [0.4, 0.5) is 17.1 Å². The number of imidazole rings is 1. The summed E-state index contributed by atoms with van der Waals surface area (Å²) in [4.78, 5) is 7.56. The van der Waals surface area contributed by atoms with E-state index in [0.717, 1.165) is 39.5 Å². The summed E-state index contributed by atoms with van der Waals surface area (Å²) in [6.07, 6.45) is -0.0267. The molecule has 0 amide bonds. The number of fused-ring (bicyclic) bond motifs is 18. The monoisotopic (exact) mass is 1440 g/mol. The van der Waals surface area contributed by atoms with E-state index in [2.05, 4.69) is 415 Å². The molecule has 24 rings (SSSR count). The molecule has 0 radical (unpaired) electrons. The zero-order valence-electron chi connectivity index (χ0n) is 62.0. The molecular formula is C110H68N4. The van der Waals surface area contributed by atoms with Crippen LogP contribution in [0.15, 0.2) is 400 Å². The van der Waals surface area contributed by atoms with Gasteiger partial charge in [0.15, 0.2) is 0 Å². The Morgan fingerprint density at radius 3 is 1.00 bits per heavy atom. The van der Waals surface area contributed by atoms with Crippen molar-refractivity contribution >= 4 is 157 Å². The first-order chi connectivity index (χ1) is 56.5. The van der Waals surface area contributed by atoms with Crippen LogP contribution in [0, 0.1) is 0 Å². The standard InChI is InChI=1S/C110H68N4/c1-3-23-79(24-4-1)113-107-41-9-7-39-105(107)111-109(113)69-47-43-67(44-48-69)81-27-11-19-71-59-101-75(63-97(71)81)51-57-95-85(33-17-37-91(95)101)87-29-13-21-73-61-103-77(65-99(73)87)53-55-93-83(31-15-35-89(93)103)84-32-16-36-90-94(84)56-54-78-66-100-74(62-104(78)90)22-14-30-88(100)86-34-18-38-92-96(86)58-52-76-64-98-72(60-102(76)92)20-12-28-82(98)68-45-49-70(50-46-68)110-112-106-40-8-10-42-108(106)114(110)80-25-5-2-6-26-80/h1-66,109,111H. The first-order valence-corrected chi connectivity index (χ1v) is 39.5. The molecule has 0 spiro atoms. The molecule has 1 atom stereocenters. The van der Waals surface area contributed by atoms with Gasteiger partial charge in [-0.1, -0.05) is 303 Å². The van der Waals surface area contributed by atoms with Gasteiger partial charge in [0.05, 0.1) is 22.4 Å². The van der Waals surface area contributed by atoms with Gasteiger partial charge in [0, 0.05) is 16.9 Å². The summed E-state index contributed by atoms with van der Waals surface area (Å²) in [6, 6.07) is 149. The third kappa shape index (κ3) is 10.0. The van der Waals surface area contributed by atoms with Gasteiger partial charge in [-0.05, 0) is 288 Å². The second-order valence-electron chi connectivity index (χ2n) is 30.8. The minimum absolute atomic E-state index is 0.0267. The van der Waals surface area contributed by atoms with Gasteiger partial charge in [0.25, 0.3) is 0 Å². The minimum Gasteiger partial charge on any atom is -0.359 e. The van der Waals surface area contributed by atoms with Gasteiger partial charge in [-0.3, -0.25) is 4.57 Å². The normalized spacial score (nSPS) is 13.1. The van der Waals surface area contributed by atoms with Gasteiger partial charge < -0.3 is 10.2 Å². The molecule has 114 heavy (non-hydrogen) atoms. The van der Waals surface area contributed by atoms with Gasteiger partial charge in [-0.2, -0.15) is 0 Å². The summed E-state index contributed by atoms with van der Waals surface area (Å²) in [5.74, 6) is 0.930. The summed E-state index contributed by atoms with van der Waals surface area (Å²) < 4.78 is 2.27. The highest BCUT2D eigenvalue weighted by Crippen LogP contribution is 2.49. The zero-order chi connectivity index (χ0) is 74.6. The summed E-state index contributed by atoms with van der Waals surface area (Å²) in [7, 11) is 0. The first-order valence-electron chi connectivity index (χ1n) is 39.5. The molecule has 22 aromatic carbocycles. The van der Waals surface area contributed by atoms with E-state index in [9.17, 15) is 0 Å². The van der Waals surface area contributed by atoms with E-state index in [1.54, 1.807) is 0 Å². The van der Waals surface area contributed by atoms with Crippen LogP contribution in [-0.2, 0) is 0 Å². The number of para-hydroxylation sites is 6. The molecule has 1 N–H and O–H groups in total. The number of hydrogen-bond donors (Lipinski definition) is 1. The maximum Gasteiger partial charge on any atom is 0.145 e. The van der Waals surface area contributed by atoms with Crippen molar-refractivity contribution in [1.29, 1.82) is 0 Å². The number of rotatable bonds is 9. The van der Waals surface area contributed by atoms with Crippen LogP contribution < -0.4 is 10.2 Å². The molecule has 0 aliphatic carbocycles. The lowest BCUT2D eigenvalue weighted by Crippen LogP contribution is -2.23. The second kappa shape index (κ2) is 25.3. The average Bonchev–Trinajstić information content (AvgIpc) is 0.933. The molecule has 2 heterocycles. The molecule has 4 heteroatoms. The lowest BCUT2D eigenvalue weighted by molar-refractivity contribution is 0.828. The zero-order valence-corrected chi connectivity index (χ0v) is 62.0. The Morgan fingerprint density at radius 1 is 0.219 bits per heavy atom. The molecular weight excluding hydrogens is 1380 g/mol. The Hall–Kier alpha value is -15.0. The predicted molar refractivity (Wildman–Crippen MR) is 485 cm³/mol. The van der Waals surface area contributed by atoms with Crippen LogP contribution in [0.1, 0.15) is 11.7 Å². The van der Waals surface area contributed by atoms with E-state index < -0.39 is 0 Å². The van der Waals surface area contributed by atoms with Crippen molar-refractivity contribution in [3.8, 4) is 72.7 Å². The topological polar surface area (TPSA) is 33.1 Å². The molecule has 0 bridgehead atoms. The SMILES string of the molecule is c1ccc(N2c3ccccc3NC2c2ccc(-c3cccc4cc5c(ccc6c(-c7cccc8cc9c(ccc%10c(-c%11cccc%12c%11ccc%11cc%13c(-c%14cccc%15c%14ccc%14cc%16c(-c%17ccc(-c%18nc%19ccccc%19n%18-c%18ccccc%18)cc%17)cccc%16cc%14%15)cccc%13cc%11%12)cccc%109)cc78)cccc65)cc34)cc2)cc1. The van der Waals surface area contributed by atoms with E-state index in [-0.39, 0.29) is 6.17 Å². The molecule has 23 aromatic rings. The summed E-state index contributed by atoms with van der Waals surface area (Å²) >= 11 is 0. The van der Waals surface area contributed by atoms with Gasteiger partial charge >= 0.3 is 0 Å². The maximum atomic E-state index is 5.16. The Labute approximate surface area is 657 Å². The summed E-state index contributed by atoms with van der Waals surface area (Å²) in [5.41, 5.74) is 21.1. The predicted octanol–water partition coefficient (Wildman–Crippen LogP) is 30.1. The molecule has 0 saturated heterocycles. The summed E-state index contributed by atoms with van der Waals surface area (Å²) in [6.45, 7) is 0. The van der Waals surface area contributed by atoms with Crippen LogP contribution in [0.3, 0.4) is 0 Å². The highest BCUT2D eigenvalue weighted by atomic mass is 15.3. The molecule has 4 nitrogen and oxygen atoms in total. The number of nitrogens with zero attached hydrogens (tertiary/aromatic N) is 3. The molecule has 1 unspecified atom stereocenters. The van der Waals surface area contributed by atoms with E-state index in [0.29, 0.717) is 0 Å². The smallest absolute Gasteiger partial charge is 0.145 e. The Bertz CT molecular complexity index is 8000. The largest absolute Gasteiger partial charge is 0.359 e. The van der Waals surface area contributed by atoms with Crippen LogP contribution in [-0.4, -0.2) is 9.55 Å². The molecule has 0 fully saturated rings. The number of benzene rings is 22. The summed E-state index contributed by atoms with van der Waals surface area (Å²) in [5, 5.41) is 33.6. The van der Waals surface area contributed by atoms with Gasteiger partial charge in [0.2, 0.25) is 0 Å². The Balaban J connectivity index is 0.536. The van der Waals surface area contributed by atoms with Crippen molar-refractivity contribution in [3.63, 3.8) is 0 Å². The van der Waals surface area contributed by atoms with Crippen molar-refractivity contribution in [1.82, 2.24) is 9.55 Å². The van der Waals surface area contributed by atoms with E-state index in [4.69, 9.17) is 4.98 Å². The van der Waals surface area contributed by atoms with Crippen molar-refractivity contribution in [2.75, 3.05) is 10.2 Å². The third-order valence-electron chi connectivity index (χ3n) is 24.7. The van der Waals surface area contributed by atoms with Gasteiger partial charge in [0.1, 0.15) is 12.0 Å². The van der Waals surface area contributed by atoms with E-state index in [1.165, 1.54) is 196 Å². The van der Waals surface area contributed by atoms with Crippen LogP contribution in [0.25, 0.3) is 213 Å². The lowest BCUT2D eigenvalue weighted by atomic mass is 9.87. The van der Waals surface area contributed by atoms with Gasteiger partial charge in [-0.15, -0.1) is 0 Å². The highest BCUT2D eigenvalue weighted by molar-refractivity contribution is 6.24. The molecule has 1 aromatic heterocycles. The van der Waals surface area contributed by atoms with Crippen molar-refractivity contribution in [2.45, 2.75) is 6.17 Å². The van der Waals surface area contributed by atoms with Crippen LogP contribution >= 0.6 is 0 Å². The quantitative estimate of drug-likeness (QED) is 0.115. The van der Waals surface area contributed by atoms with E-state index in [1.807, 2.05) is 0 Å². The molecule has 528 valence electrons. The fraction of sp³-hybridized carbons (Fsp3) is 0.00909. The van der Waals surface area contributed by atoms with Crippen LogP contribution in [0.2, 0.25) is 0 Å². The fourth-order valence-corrected chi connectivity index (χ4v) is 19.3. The number of anilines is 3. The lowest BCUT2D eigenvalue weighted by Gasteiger charge is -2.27. The minimum atomic E-state index is -0.0267.